The van der Waals surface area contributed by atoms with Crippen molar-refractivity contribution in [3.8, 4) is 33.4 Å². The second kappa shape index (κ2) is 25.7. The fourth-order valence-electron chi connectivity index (χ4n) is 9.13. The van der Waals surface area contributed by atoms with Gasteiger partial charge in [-0.3, -0.25) is 29.0 Å². The largest absolute Gasteiger partial charge is 0.464 e. The fourth-order valence-corrected chi connectivity index (χ4v) is 9.13. The number of carbonyl (C=O) groups is 5. The van der Waals surface area contributed by atoms with Crippen LogP contribution in [0.3, 0.4) is 0 Å². The molecular weight excluding hydrogens is 927 g/mol. The Kier molecular flexibility index (Phi) is 19.6. The standard InChI is InChI=1S/C22H25NO3.C22H25NO2.C19H23NO3/c1-22(2,3)21(26)23-18(14-19(24)20(23)25)13-15-9-11-17(12-10-15)16-7-5-4-6-8-16;1-22(2,3)21(25)23-19(13-14-20(23)24)15-16-9-11-18(12-10-16)17-7-5-4-6-8-17;1-2-23-19(22)18(21)13-17(20)12-14-8-10-16(11-9-14)15-6-4-3-5-7-15/h4-12,18-19,24H,13-14H2,1-3H3;4-12,19H,13-15H2,1-3H3;3-11,17-18,21H,2,12-13,20H2,1H3/t18-,19-;19-;17-,18-/m101/s1. The first-order valence-electron chi connectivity index (χ1n) is 25.7. The third-order valence-electron chi connectivity index (χ3n) is 13.1. The van der Waals surface area contributed by atoms with E-state index in [-0.39, 0.29) is 48.9 Å². The molecule has 4 amide bonds. The van der Waals surface area contributed by atoms with E-state index in [9.17, 15) is 34.2 Å². The van der Waals surface area contributed by atoms with Crippen molar-refractivity contribution in [1.82, 2.24) is 9.80 Å². The number of hydrogen-bond donors (Lipinski definition) is 3. The van der Waals surface area contributed by atoms with Gasteiger partial charge >= 0.3 is 5.97 Å². The predicted octanol–water partition coefficient (Wildman–Crippen LogP) is 10.4. The van der Waals surface area contributed by atoms with E-state index in [2.05, 4.69) is 72.8 Å². The van der Waals surface area contributed by atoms with E-state index < -0.39 is 34.9 Å². The van der Waals surface area contributed by atoms with Crippen LogP contribution in [0.4, 0.5) is 0 Å². The van der Waals surface area contributed by atoms with Crippen molar-refractivity contribution in [3.63, 3.8) is 0 Å². The van der Waals surface area contributed by atoms with Gasteiger partial charge in [0.05, 0.1) is 6.61 Å². The fraction of sp³-hybridized carbons (Fsp3) is 0.349. The van der Waals surface area contributed by atoms with Crippen molar-refractivity contribution in [3.05, 3.63) is 180 Å². The summed E-state index contributed by atoms with van der Waals surface area (Å²) in [5, 5.41) is 19.7. The summed E-state index contributed by atoms with van der Waals surface area (Å²) in [7, 11) is 0. The molecule has 5 atom stereocenters. The lowest BCUT2D eigenvalue weighted by Crippen LogP contribution is -2.46. The number of amides is 4. The lowest BCUT2D eigenvalue weighted by atomic mass is 9.93. The first-order valence-corrected chi connectivity index (χ1v) is 25.7. The minimum atomic E-state index is -1.16. The Morgan fingerprint density at radius 1 is 0.581 bits per heavy atom. The smallest absolute Gasteiger partial charge is 0.335 e. The summed E-state index contributed by atoms with van der Waals surface area (Å²) in [6.45, 7) is 12.9. The van der Waals surface area contributed by atoms with Gasteiger partial charge in [-0.2, -0.15) is 0 Å². The predicted molar refractivity (Wildman–Crippen MR) is 292 cm³/mol. The number of rotatable bonds is 13. The number of carbonyl (C=O) groups excluding carboxylic acids is 5. The third kappa shape index (κ3) is 15.5. The molecule has 0 aromatic heterocycles. The maximum absolute atomic E-state index is 12.7. The zero-order valence-electron chi connectivity index (χ0n) is 43.9. The van der Waals surface area contributed by atoms with Gasteiger partial charge in [-0.05, 0) is 89.1 Å². The molecule has 74 heavy (non-hydrogen) atoms. The number of likely N-dealkylation sites (tertiary alicyclic amines) is 2. The normalized spacial score (nSPS) is 17.4. The molecule has 0 radical (unpaired) electrons. The molecule has 0 unspecified atom stereocenters. The summed E-state index contributed by atoms with van der Waals surface area (Å²) < 4.78 is 4.77. The van der Waals surface area contributed by atoms with Crippen LogP contribution in [-0.4, -0.2) is 86.6 Å². The molecule has 6 aromatic rings. The number of aliphatic hydroxyl groups excluding tert-OH is 2. The van der Waals surface area contributed by atoms with Crippen LogP contribution in [0, 0.1) is 10.8 Å². The summed E-state index contributed by atoms with van der Waals surface area (Å²) >= 11 is 0. The quantitative estimate of drug-likeness (QED) is 0.0954. The second-order valence-corrected chi connectivity index (χ2v) is 21.2. The van der Waals surface area contributed by atoms with Crippen molar-refractivity contribution in [2.75, 3.05) is 6.61 Å². The van der Waals surface area contributed by atoms with Crippen molar-refractivity contribution < 1.29 is 38.9 Å². The van der Waals surface area contributed by atoms with E-state index in [1.807, 2.05) is 112 Å². The molecule has 0 spiro atoms. The Morgan fingerprint density at radius 3 is 1.36 bits per heavy atom. The molecule has 11 nitrogen and oxygen atoms in total. The molecule has 6 aromatic carbocycles. The van der Waals surface area contributed by atoms with E-state index in [1.165, 1.54) is 26.5 Å². The summed E-state index contributed by atoms with van der Waals surface area (Å²) in [5.41, 5.74) is 15.1. The third-order valence-corrected chi connectivity index (χ3v) is 13.1. The topological polar surface area (TPSA) is 168 Å². The number of imide groups is 2. The second-order valence-electron chi connectivity index (χ2n) is 21.2. The molecule has 2 aliphatic rings. The highest BCUT2D eigenvalue weighted by molar-refractivity contribution is 6.01. The number of hydrogen-bond acceptors (Lipinski definition) is 9. The highest BCUT2D eigenvalue weighted by Crippen LogP contribution is 2.31. The number of aliphatic hydroxyl groups is 2. The highest BCUT2D eigenvalue weighted by Gasteiger charge is 2.45. The molecule has 8 rings (SSSR count). The lowest BCUT2D eigenvalue weighted by molar-refractivity contribution is -0.154. The van der Waals surface area contributed by atoms with Crippen molar-refractivity contribution in [2.24, 2.45) is 16.6 Å². The number of nitrogens with two attached hydrogens (primary N) is 1. The number of nitrogens with zero attached hydrogens (tertiary/aromatic N) is 2. The molecule has 0 aliphatic carbocycles. The van der Waals surface area contributed by atoms with Gasteiger partial charge in [0.15, 0.2) is 6.10 Å². The Hall–Kier alpha value is -7.05. The van der Waals surface area contributed by atoms with Gasteiger partial charge in [0.25, 0.3) is 5.91 Å². The number of ether oxygens (including phenoxy) is 1. The monoisotopic (exact) mass is 1000 g/mol. The van der Waals surface area contributed by atoms with Gasteiger partial charge in [0.1, 0.15) is 6.10 Å². The molecule has 4 N–H and O–H groups in total. The Balaban J connectivity index is 0.000000181. The lowest BCUT2D eigenvalue weighted by Gasteiger charge is -2.29. The summed E-state index contributed by atoms with van der Waals surface area (Å²) in [5.74, 6) is -1.42. The Labute approximate surface area is 437 Å². The highest BCUT2D eigenvalue weighted by atomic mass is 16.5. The zero-order valence-corrected chi connectivity index (χ0v) is 43.9. The molecule has 0 saturated carbocycles. The number of benzene rings is 6. The SMILES string of the molecule is CC(C)(C)C(=O)N1C(=O)CC[C@H]1Cc1ccc(-c2ccccc2)cc1.CC(C)(C)C(=O)N1C(=O)[C@H](O)C[C@H]1Cc1ccc(-c2ccccc2)cc1.CCOC(=O)[C@H](O)C[C@H](N)Cc1ccc(-c2ccccc2)cc1. The average molecular weight is 1000 g/mol. The van der Waals surface area contributed by atoms with Crippen LogP contribution in [0.5, 0.6) is 0 Å². The minimum Gasteiger partial charge on any atom is -0.464 e. The summed E-state index contributed by atoms with van der Waals surface area (Å²) in [6.07, 6.45) is 1.34. The van der Waals surface area contributed by atoms with Crippen LogP contribution >= 0.6 is 0 Å². The molecule has 2 heterocycles. The van der Waals surface area contributed by atoms with Crippen LogP contribution in [0.2, 0.25) is 0 Å². The van der Waals surface area contributed by atoms with Gasteiger partial charge < -0.3 is 20.7 Å². The number of esters is 1. The van der Waals surface area contributed by atoms with E-state index in [4.69, 9.17) is 10.5 Å². The maximum Gasteiger partial charge on any atom is 0.335 e. The van der Waals surface area contributed by atoms with Crippen LogP contribution in [0.1, 0.15) is 90.8 Å². The van der Waals surface area contributed by atoms with Gasteiger partial charge in [-0.15, -0.1) is 0 Å². The van der Waals surface area contributed by atoms with Crippen LogP contribution in [0.25, 0.3) is 33.4 Å². The van der Waals surface area contributed by atoms with Crippen LogP contribution in [-0.2, 0) is 48.0 Å². The maximum atomic E-state index is 12.7. The van der Waals surface area contributed by atoms with Crippen molar-refractivity contribution in [1.29, 1.82) is 0 Å². The minimum absolute atomic E-state index is 0.0261. The Bertz CT molecular complexity index is 2770. The Morgan fingerprint density at radius 2 is 0.959 bits per heavy atom. The van der Waals surface area contributed by atoms with Crippen LogP contribution in [0.15, 0.2) is 164 Å². The van der Waals surface area contributed by atoms with Crippen LogP contribution < -0.4 is 5.73 Å². The molecule has 388 valence electrons. The van der Waals surface area contributed by atoms with E-state index in [1.54, 1.807) is 27.7 Å². The molecule has 2 fully saturated rings. The summed E-state index contributed by atoms with van der Waals surface area (Å²) in [4.78, 5) is 64.0. The van der Waals surface area contributed by atoms with E-state index in [0.29, 0.717) is 25.7 Å². The first-order chi connectivity index (χ1) is 35.2. The average Bonchev–Trinajstić information content (AvgIpc) is 3.89. The molecule has 2 aliphatic heterocycles. The molecule has 0 bridgehead atoms. The molecular formula is C63H73N3O8. The van der Waals surface area contributed by atoms with Gasteiger partial charge in [0, 0.05) is 41.8 Å². The van der Waals surface area contributed by atoms with Gasteiger partial charge in [-0.25, -0.2) is 4.79 Å². The zero-order chi connectivity index (χ0) is 53.6. The first kappa shape index (κ1) is 56.2. The molecule has 11 heteroatoms. The van der Waals surface area contributed by atoms with Gasteiger partial charge in [0.2, 0.25) is 17.7 Å². The van der Waals surface area contributed by atoms with Crippen molar-refractivity contribution >= 4 is 29.6 Å². The van der Waals surface area contributed by atoms with E-state index in [0.717, 1.165) is 46.2 Å². The molecule has 2 saturated heterocycles. The van der Waals surface area contributed by atoms with E-state index >= 15 is 0 Å². The van der Waals surface area contributed by atoms with Crippen molar-refractivity contribution in [2.45, 2.75) is 124 Å². The summed E-state index contributed by atoms with van der Waals surface area (Å²) in [6, 6.07) is 54.6. The van der Waals surface area contributed by atoms with Gasteiger partial charge in [-0.1, -0.05) is 205 Å².